The lowest BCUT2D eigenvalue weighted by molar-refractivity contribution is -0.136. The van der Waals surface area contributed by atoms with Gasteiger partial charge >= 0.3 is 11.8 Å². The maximum absolute atomic E-state index is 13.1. The Hall–Kier alpha value is -3.55. The van der Waals surface area contributed by atoms with E-state index in [2.05, 4.69) is 15.6 Å². The summed E-state index contributed by atoms with van der Waals surface area (Å²) in [4.78, 5) is 28.0. The van der Waals surface area contributed by atoms with Gasteiger partial charge < -0.3 is 15.2 Å². The molecule has 0 spiro atoms. The Morgan fingerprint density at radius 1 is 1.00 bits per heavy atom. The summed E-state index contributed by atoms with van der Waals surface area (Å²) in [5, 5.41) is 4.72. The van der Waals surface area contributed by atoms with Crippen LogP contribution in [0.2, 0.25) is 0 Å². The van der Waals surface area contributed by atoms with Crippen molar-refractivity contribution >= 4 is 17.5 Å². The van der Waals surface area contributed by atoms with Crippen LogP contribution in [0.1, 0.15) is 6.42 Å². The number of aryl methyl sites for hydroxylation is 1. The minimum absolute atomic E-state index is 0.00460. The van der Waals surface area contributed by atoms with Crippen LogP contribution in [-0.2, 0) is 16.1 Å². The predicted molar refractivity (Wildman–Crippen MR) is 100 cm³/mol. The highest BCUT2D eigenvalue weighted by molar-refractivity contribution is 6.39. The van der Waals surface area contributed by atoms with E-state index in [4.69, 9.17) is 0 Å². The third kappa shape index (κ3) is 4.79. The van der Waals surface area contributed by atoms with E-state index in [0.29, 0.717) is 13.0 Å². The Kier molecular flexibility index (Phi) is 6.11. The number of hydrogen-bond donors (Lipinski definition) is 2. The van der Waals surface area contributed by atoms with Gasteiger partial charge in [-0.05, 0) is 18.6 Å². The third-order valence-corrected chi connectivity index (χ3v) is 3.99. The first-order valence-electron chi connectivity index (χ1n) is 8.65. The van der Waals surface area contributed by atoms with Crippen molar-refractivity contribution in [3.63, 3.8) is 0 Å². The van der Waals surface area contributed by atoms with Gasteiger partial charge in [-0.3, -0.25) is 9.59 Å². The Balaban J connectivity index is 1.46. The molecule has 3 aromatic rings. The molecule has 8 heteroatoms. The number of aromatic nitrogens is 2. The molecule has 2 N–H and O–H groups in total. The fourth-order valence-electron chi connectivity index (χ4n) is 2.63. The van der Waals surface area contributed by atoms with E-state index in [9.17, 15) is 18.4 Å². The molecular formula is C20H18F2N4O2. The summed E-state index contributed by atoms with van der Waals surface area (Å²) in [6.45, 7) is 0.881. The van der Waals surface area contributed by atoms with Crippen LogP contribution in [0, 0.1) is 11.6 Å². The number of nitrogens with one attached hydrogen (secondary N) is 2. The van der Waals surface area contributed by atoms with E-state index in [-0.39, 0.29) is 12.2 Å². The predicted octanol–water partition coefficient (Wildman–Crippen LogP) is 2.97. The maximum atomic E-state index is 13.1. The molecule has 1 aromatic heterocycles. The fraction of sp³-hybridized carbons (Fsp3) is 0.150. The van der Waals surface area contributed by atoms with Gasteiger partial charge in [-0.25, -0.2) is 13.8 Å². The molecule has 0 aliphatic carbocycles. The van der Waals surface area contributed by atoms with Crippen LogP contribution < -0.4 is 10.6 Å². The first kappa shape index (κ1) is 19.2. The van der Waals surface area contributed by atoms with Crippen molar-refractivity contribution in [2.45, 2.75) is 13.0 Å². The normalized spacial score (nSPS) is 10.5. The van der Waals surface area contributed by atoms with Crippen LogP contribution in [0.4, 0.5) is 14.5 Å². The monoisotopic (exact) mass is 384 g/mol. The average molecular weight is 384 g/mol. The molecule has 1 heterocycles. The van der Waals surface area contributed by atoms with E-state index in [0.717, 1.165) is 23.5 Å². The lowest BCUT2D eigenvalue weighted by Crippen LogP contribution is -2.36. The molecule has 0 fully saturated rings. The smallest absolute Gasteiger partial charge is 0.313 e. The number of hydrogen-bond acceptors (Lipinski definition) is 3. The van der Waals surface area contributed by atoms with Crippen LogP contribution in [0.3, 0.4) is 0 Å². The number of imidazole rings is 1. The van der Waals surface area contributed by atoms with Crippen molar-refractivity contribution in [2.75, 3.05) is 11.9 Å². The Morgan fingerprint density at radius 2 is 1.79 bits per heavy atom. The summed E-state index contributed by atoms with van der Waals surface area (Å²) < 4.78 is 28.0. The lowest BCUT2D eigenvalue weighted by Gasteiger charge is -2.09. The van der Waals surface area contributed by atoms with Gasteiger partial charge in [-0.1, -0.05) is 30.3 Å². The number of anilines is 1. The molecule has 144 valence electrons. The molecule has 0 aliphatic heterocycles. The number of nitrogens with zero attached hydrogens (tertiary/aromatic N) is 2. The van der Waals surface area contributed by atoms with Crippen LogP contribution in [-0.4, -0.2) is 27.9 Å². The average Bonchev–Trinajstić information content (AvgIpc) is 3.17. The van der Waals surface area contributed by atoms with Crippen LogP contribution in [0.25, 0.3) is 11.4 Å². The van der Waals surface area contributed by atoms with Gasteiger partial charge in [0.05, 0.1) is 0 Å². The highest BCUT2D eigenvalue weighted by Crippen LogP contribution is 2.17. The summed E-state index contributed by atoms with van der Waals surface area (Å²) in [5.74, 6) is -3.11. The largest absolute Gasteiger partial charge is 0.348 e. The number of amides is 2. The zero-order chi connectivity index (χ0) is 19.9. The topological polar surface area (TPSA) is 76.0 Å². The Labute approximate surface area is 160 Å². The van der Waals surface area contributed by atoms with Crippen molar-refractivity contribution in [1.29, 1.82) is 0 Å². The van der Waals surface area contributed by atoms with Crippen molar-refractivity contribution < 1.29 is 18.4 Å². The van der Waals surface area contributed by atoms with Gasteiger partial charge in [0, 0.05) is 42.8 Å². The zero-order valence-corrected chi connectivity index (χ0v) is 14.9. The Bertz CT molecular complexity index is 973. The first-order chi connectivity index (χ1) is 13.5. The molecular weight excluding hydrogens is 366 g/mol. The van der Waals surface area contributed by atoms with Crippen molar-refractivity contribution in [1.82, 2.24) is 14.9 Å². The van der Waals surface area contributed by atoms with Crippen LogP contribution in [0.15, 0.2) is 60.9 Å². The summed E-state index contributed by atoms with van der Waals surface area (Å²) >= 11 is 0. The standard InChI is InChI=1S/C20H18F2N4O2/c21-16-8-7-15(13-17(16)22)25-20(28)19(27)24-9-4-11-26-12-10-23-18(26)14-5-2-1-3-6-14/h1-3,5-8,10,12-13H,4,9,11H2,(H,24,27)(H,25,28). The first-order valence-corrected chi connectivity index (χ1v) is 8.65. The van der Waals surface area contributed by atoms with Crippen molar-refractivity contribution in [2.24, 2.45) is 0 Å². The highest BCUT2D eigenvalue weighted by Gasteiger charge is 2.14. The Morgan fingerprint density at radius 3 is 2.54 bits per heavy atom. The second-order valence-corrected chi connectivity index (χ2v) is 6.00. The number of carbonyl (C=O) groups excluding carboxylic acids is 2. The molecule has 6 nitrogen and oxygen atoms in total. The van der Waals surface area contributed by atoms with Crippen molar-refractivity contribution in [3.8, 4) is 11.4 Å². The molecule has 0 atom stereocenters. The number of carbonyl (C=O) groups is 2. The summed E-state index contributed by atoms with van der Waals surface area (Å²) in [7, 11) is 0. The summed E-state index contributed by atoms with van der Waals surface area (Å²) in [6.07, 6.45) is 4.14. The molecule has 0 bridgehead atoms. The minimum Gasteiger partial charge on any atom is -0.348 e. The lowest BCUT2D eigenvalue weighted by atomic mass is 10.2. The van der Waals surface area contributed by atoms with Gasteiger partial charge in [0.15, 0.2) is 11.6 Å². The molecule has 0 saturated heterocycles. The van der Waals surface area contributed by atoms with Gasteiger partial charge in [0.25, 0.3) is 0 Å². The number of rotatable bonds is 6. The van der Waals surface area contributed by atoms with Gasteiger partial charge in [0.1, 0.15) is 5.82 Å². The van der Waals surface area contributed by atoms with E-state index in [1.807, 2.05) is 41.1 Å². The fourth-order valence-corrected chi connectivity index (χ4v) is 2.63. The molecule has 28 heavy (non-hydrogen) atoms. The second-order valence-electron chi connectivity index (χ2n) is 6.00. The molecule has 3 rings (SSSR count). The van der Waals surface area contributed by atoms with E-state index >= 15 is 0 Å². The van der Waals surface area contributed by atoms with E-state index in [1.54, 1.807) is 6.20 Å². The van der Waals surface area contributed by atoms with Crippen LogP contribution >= 0.6 is 0 Å². The molecule has 2 amide bonds. The number of benzene rings is 2. The number of halogens is 2. The molecule has 2 aromatic carbocycles. The third-order valence-electron chi connectivity index (χ3n) is 3.99. The van der Waals surface area contributed by atoms with Gasteiger partial charge in [0.2, 0.25) is 0 Å². The van der Waals surface area contributed by atoms with Gasteiger partial charge in [-0.2, -0.15) is 0 Å². The molecule has 0 saturated carbocycles. The van der Waals surface area contributed by atoms with Crippen LogP contribution in [0.5, 0.6) is 0 Å². The maximum Gasteiger partial charge on any atom is 0.313 e. The molecule has 0 unspecified atom stereocenters. The van der Waals surface area contributed by atoms with E-state index < -0.39 is 23.4 Å². The minimum atomic E-state index is -1.10. The zero-order valence-electron chi connectivity index (χ0n) is 14.9. The molecule has 0 radical (unpaired) electrons. The summed E-state index contributed by atoms with van der Waals surface area (Å²) in [5.41, 5.74) is 0.993. The van der Waals surface area contributed by atoms with Crippen molar-refractivity contribution in [3.05, 3.63) is 72.6 Å². The molecule has 0 aliphatic rings. The SMILES string of the molecule is O=C(NCCCn1ccnc1-c1ccccc1)C(=O)Nc1ccc(F)c(F)c1. The van der Waals surface area contributed by atoms with Gasteiger partial charge in [-0.15, -0.1) is 0 Å². The highest BCUT2D eigenvalue weighted by atomic mass is 19.2. The second kappa shape index (κ2) is 8.90. The van der Waals surface area contributed by atoms with E-state index in [1.165, 1.54) is 6.07 Å². The summed E-state index contributed by atoms with van der Waals surface area (Å²) in [6, 6.07) is 12.6. The quantitative estimate of drug-likeness (QED) is 0.507.